The Labute approximate surface area is 109 Å². The highest BCUT2D eigenvalue weighted by Gasteiger charge is 2.26. The lowest BCUT2D eigenvalue weighted by molar-refractivity contribution is 0.0703. The Kier molecular flexibility index (Phi) is 4.02. The van der Waals surface area contributed by atoms with Gasteiger partial charge in [0.2, 0.25) is 0 Å². The van der Waals surface area contributed by atoms with Crippen molar-refractivity contribution in [3.05, 3.63) is 34.9 Å². The molecule has 1 atom stereocenters. The number of carbonyl (C=O) groups is 1. The molecule has 0 saturated carbocycles. The zero-order valence-corrected chi connectivity index (χ0v) is 11.5. The summed E-state index contributed by atoms with van der Waals surface area (Å²) >= 11 is 0. The van der Waals surface area contributed by atoms with Gasteiger partial charge in [-0.05, 0) is 45.4 Å². The minimum Gasteiger partial charge on any atom is -0.335 e. The zero-order chi connectivity index (χ0) is 13.1. The van der Waals surface area contributed by atoms with Gasteiger partial charge < -0.3 is 10.2 Å². The van der Waals surface area contributed by atoms with E-state index in [1.54, 1.807) is 0 Å². The number of nitrogens with one attached hydrogen (secondary N) is 1. The fraction of sp³-hybridized carbons (Fsp3) is 0.533. The Balaban J connectivity index is 2.22. The molecule has 3 nitrogen and oxygen atoms in total. The van der Waals surface area contributed by atoms with Crippen molar-refractivity contribution >= 4 is 5.91 Å². The second kappa shape index (κ2) is 5.53. The molecule has 1 aromatic carbocycles. The number of hydrogen-bond acceptors (Lipinski definition) is 2. The largest absolute Gasteiger partial charge is 0.335 e. The van der Waals surface area contributed by atoms with Gasteiger partial charge in [-0.25, -0.2) is 0 Å². The minimum absolute atomic E-state index is 0.170. The van der Waals surface area contributed by atoms with Gasteiger partial charge in [-0.1, -0.05) is 17.7 Å². The van der Waals surface area contributed by atoms with E-state index in [2.05, 4.69) is 25.2 Å². The van der Waals surface area contributed by atoms with E-state index in [1.165, 1.54) is 5.56 Å². The number of nitrogens with zero attached hydrogens (tertiary/aromatic N) is 1. The summed E-state index contributed by atoms with van der Waals surface area (Å²) in [5.41, 5.74) is 3.12. The van der Waals surface area contributed by atoms with Crippen molar-refractivity contribution < 1.29 is 4.79 Å². The lowest BCUT2D eigenvalue weighted by atomic mass is 10.0. The molecule has 1 aliphatic rings. The van der Waals surface area contributed by atoms with E-state index in [9.17, 15) is 4.79 Å². The number of hydrogen-bond donors (Lipinski definition) is 1. The van der Waals surface area contributed by atoms with Gasteiger partial charge in [-0.3, -0.25) is 4.79 Å². The fourth-order valence-electron chi connectivity index (χ4n) is 2.68. The van der Waals surface area contributed by atoms with Crippen molar-refractivity contribution in [2.24, 2.45) is 0 Å². The van der Waals surface area contributed by atoms with E-state index in [-0.39, 0.29) is 5.91 Å². The quantitative estimate of drug-likeness (QED) is 0.886. The molecule has 0 spiro atoms. The van der Waals surface area contributed by atoms with Crippen LogP contribution >= 0.6 is 0 Å². The first-order valence-corrected chi connectivity index (χ1v) is 6.72. The normalized spacial score (nSPS) is 18.9. The lowest BCUT2D eigenvalue weighted by Gasteiger charge is -2.28. The number of benzene rings is 1. The smallest absolute Gasteiger partial charge is 0.254 e. The molecule has 1 saturated heterocycles. The van der Waals surface area contributed by atoms with Gasteiger partial charge >= 0.3 is 0 Å². The van der Waals surface area contributed by atoms with Crippen molar-refractivity contribution in [3.63, 3.8) is 0 Å². The molecule has 1 N–H and O–H groups in total. The summed E-state index contributed by atoms with van der Waals surface area (Å²) in [5, 5.41) is 3.32. The van der Waals surface area contributed by atoms with Gasteiger partial charge in [0.25, 0.3) is 5.91 Å². The summed E-state index contributed by atoms with van der Waals surface area (Å²) in [7, 11) is 0. The maximum Gasteiger partial charge on any atom is 0.254 e. The summed E-state index contributed by atoms with van der Waals surface area (Å²) in [5.74, 6) is 0.170. The summed E-state index contributed by atoms with van der Waals surface area (Å²) in [6, 6.07) is 6.40. The molecule has 0 aromatic heterocycles. The van der Waals surface area contributed by atoms with Crippen LogP contribution in [-0.4, -0.2) is 36.5 Å². The maximum atomic E-state index is 12.6. The lowest BCUT2D eigenvalue weighted by Crippen LogP contribution is -2.41. The Morgan fingerprint density at radius 2 is 2.22 bits per heavy atom. The second-order valence-electron chi connectivity index (χ2n) is 5.06. The number of amides is 1. The van der Waals surface area contributed by atoms with Crippen molar-refractivity contribution in [3.8, 4) is 0 Å². The molecule has 1 aliphatic heterocycles. The van der Waals surface area contributed by atoms with Gasteiger partial charge in [0, 0.05) is 24.7 Å². The second-order valence-corrected chi connectivity index (χ2v) is 5.06. The van der Waals surface area contributed by atoms with Crippen LogP contribution in [0.25, 0.3) is 0 Å². The van der Waals surface area contributed by atoms with Crippen LogP contribution in [-0.2, 0) is 0 Å². The van der Waals surface area contributed by atoms with Gasteiger partial charge in [0.15, 0.2) is 0 Å². The third-order valence-corrected chi connectivity index (χ3v) is 3.69. The summed E-state index contributed by atoms with van der Waals surface area (Å²) in [6.07, 6.45) is 1.06. The predicted molar refractivity (Wildman–Crippen MR) is 73.9 cm³/mol. The van der Waals surface area contributed by atoms with Crippen molar-refractivity contribution in [1.29, 1.82) is 0 Å². The average molecular weight is 246 g/mol. The Morgan fingerprint density at radius 3 is 2.78 bits per heavy atom. The molecule has 1 amide bonds. The van der Waals surface area contributed by atoms with Crippen LogP contribution in [0.3, 0.4) is 0 Å². The molecule has 1 unspecified atom stereocenters. The van der Waals surface area contributed by atoms with Crippen molar-refractivity contribution in [1.82, 2.24) is 10.2 Å². The molecule has 1 heterocycles. The summed E-state index contributed by atoms with van der Waals surface area (Å²) in [6.45, 7) is 8.84. The predicted octanol–water partition coefficient (Wildman–Crippen LogP) is 2.13. The van der Waals surface area contributed by atoms with Crippen LogP contribution < -0.4 is 5.32 Å². The topological polar surface area (TPSA) is 32.3 Å². The Morgan fingerprint density at radius 1 is 1.44 bits per heavy atom. The van der Waals surface area contributed by atoms with Crippen LogP contribution in [0, 0.1) is 13.8 Å². The van der Waals surface area contributed by atoms with E-state index < -0.39 is 0 Å². The number of likely N-dealkylation sites (N-methyl/N-ethyl adjacent to an activating group) is 1. The van der Waals surface area contributed by atoms with Crippen molar-refractivity contribution in [2.45, 2.75) is 33.2 Å². The maximum absolute atomic E-state index is 12.6. The number of carbonyl (C=O) groups excluding carboxylic acids is 1. The van der Waals surface area contributed by atoms with Gasteiger partial charge in [0.05, 0.1) is 0 Å². The summed E-state index contributed by atoms with van der Waals surface area (Å²) < 4.78 is 0. The zero-order valence-electron chi connectivity index (χ0n) is 11.5. The molecule has 3 heteroatoms. The van der Waals surface area contributed by atoms with Crippen LogP contribution in [0.1, 0.15) is 34.8 Å². The van der Waals surface area contributed by atoms with E-state index in [4.69, 9.17) is 0 Å². The Bertz CT molecular complexity index is 436. The molecule has 98 valence electrons. The van der Waals surface area contributed by atoms with E-state index in [0.717, 1.165) is 37.2 Å². The van der Waals surface area contributed by atoms with Gasteiger partial charge in [-0.15, -0.1) is 0 Å². The average Bonchev–Trinajstić information content (AvgIpc) is 2.83. The van der Waals surface area contributed by atoms with Crippen molar-refractivity contribution in [2.75, 3.05) is 19.6 Å². The van der Waals surface area contributed by atoms with Crippen LogP contribution in [0.4, 0.5) is 0 Å². The first kappa shape index (κ1) is 13.1. The first-order valence-electron chi connectivity index (χ1n) is 6.72. The van der Waals surface area contributed by atoms with Crippen LogP contribution in [0.5, 0.6) is 0 Å². The molecule has 0 bridgehead atoms. The minimum atomic E-state index is 0.170. The van der Waals surface area contributed by atoms with Crippen LogP contribution in [0.2, 0.25) is 0 Å². The molecule has 2 rings (SSSR count). The Hall–Kier alpha value is -1.35. The highest BCUT2D eigenvalue weighted by Crippen LogP contribution is 2.17. The van der Waals surface area contributed by atoms with E-state index >= 15 is 0 Å². The molecule has 0 radical (unpaired) electrons. The highest BCUT2D eigenvalue weighted by atomic mass is 16.2. The standard InChI is InChI=1S/C15H22N2O/c1-4-17(13-7-8-16-10-13)15(18)14-6-5-11(2)9-12(14)3/h5-6,9,13,16H,4,7-8,10H2,1-3H3. The number of aryl methyl sites for hydroxylation is 2. The molecular weight excluding hydrogens is 224 g/mol. The third kappa shape index (κ3) is 2.56. The van der Waals surface area contributed by atoms with Crippen LogP contribution in [0.15, 0.2) is 18.2 Å². The fourth-order valence-corrected chi connectivity index (χ4v) is 2.68. The molecular formula is C15H22N2O. The SMILES string of the molecule is CCN(C(=O)c1ccc(C)cc1C)C1CCNC1. The van der Waals surface area contributed by atoms with Gasteiger partial charge in [-0.2, -0.15) is 0 Å². The molecule has 1 fully saturated rings. The van der Waals surface area contributed by atoms with E-state index in [1.807, 2.05) is 24.0 Å². The molecule has 18 heavy (non-hydrogen) atoms. The first-order chi connectivity index (χ1) is 8.63. The molecule has 0 aliphatic carbocycles. The highest BCUT2D eigenvalue weighted by molar-refractivity contribution is 5.96. The van der Waals surface area contributed by atoms with Gasteiger partial charge in [0.1, 0.15) is 0 Å². The van der Waals surface area contributed by atoms with E-state index in [0.29, 0.717) is 6.04 Å². The summed E-state index contributed by atoms with van der Waals surface area (Å²) in [4.78, 5) is 14.6. The molecule has 1 aromatic rings. The third-order valence-electron chi connectivity index (χ3n) is 3.69. The monoisotopic (exact) mass is 246 g/mol. The number of rotatable bonds is 3.